The minimum Gasteiger partial charge on any atom is -0.398 e. The van der Waals surface area contributed by atoms with E-state index in [4.69, 9.17) is 17.3 Å². The maximum atomic E-state index is 12.4. The quantitative estimate of drug-likeness (QED) is 0.823. The molecule has 1 aliphatic rings. The van der Waals surface area contributed by atoms with Crippen molar-refractivity contribution >= 4 is 40.2 Å². The summed E-state index contributed by atoms with van der Waals surface area (Å²) in [7, 11) is 0. The van der Waals surface area contributed by atoms with Gasteiger partial charge in [0.15, 0.2) is 0 Å². The zero-order valence-electron chi connectivity index (χ0n) is 10.9. The Hall–Kier alpha value is -1.52. The van der Waals surface area contributed by atoms with Crippen LogP contribution in [-0.4, -0.2) is 5.91 Å². The zero-order valence-corrected chi connectivity index (χ0v) is 12.4. The van der Waals surface area contributed by atoms with Crippen LogP contribution in [0.15, 0.2) is 29.6 Å². The van der Waals surface area contributed by atoms with E-state index in [1.54, 1.807) is 29.5 Å². The molecule has 1 atom stereocenters. The van der Waals surface area contributed by atoms with Gasteiger partial charge in [-0.3, -0.25) is 4.79 Å². The number of anilines is 2. The predicted molar refractivity (Wildman–Crippen MR) is 84.5 cm³/mol. The van der Waals surface area contributed by atoms with E-state index in [1.807, 2.05) is 0 Å². The number of benzene rings is 1. The summed E-state index contributed by atoms with van der Waals surface area (Å²) in [6.07, 6.45) is 3.05. The van der Waals surface area contributed by atoms with Crippen LogP contribution in [0.4, 0.5) is 11.4 Å². The van der Waals surface area contributed by atoms with Crippen molar-refractivity contribution in [3.8, 4) is 0 Å². The highest BCUT2D eigenvalue weighted by molar-refractivity contribution is 7.10. The van der Waals surface area contributed by atoms with Gasteiger partial charge >= 0.3 is 0 Å². The number of carbonyl (C=O) groups is 1. The van der Waals surface area contributed by atoms with E-state index in [9.17, 15) is 4.79 Å². The minimum atomic E-state index is -0.0543. The number of rotatable bonds is 2. The largest absolute Gasteiger partial charge is 0.398 e. The third-order valence-electron chi connectivity index (χ3n) is 3.64. The zero-order chi connectivity index (χ0) is 14.1. The number of aryl methyl sites for hydroxylation is 1. The van der Waals surface area contributed by atoms with Crippen molar-refractivity contribution in [2.75, 3.05) is 11.1 Å². The Labute approximate surface area is 126 Å². The average Bonchev–Trinajstić information content (AvgIpc) is 2.91. The lowest BCUT2D eigenvalue weighted by molar-refractivity contribution is -0.117. The number of thiophene rings is 1. The van der Waals surface area contributed by atoms with Crippen molar-refractivity contribution in [2.24, 2.45) is 0 Å². The van der Waals surface area contributed by atoms with Crippen molar-refractivity contribution in [1.82, 2.24) is 0 Å². The lowest BCUT2D eigenvalue weighted by atomic mass is 9.87. The Balaban J connectivity index is 1.79. The van der Waals surface area contributed by atoms with Gasteiger partial charge in [0.05, 0.1) is 16.6 Å². The number of nitrogen functional groups attached to an aromatic ring is 1. The highest BCUT2D eigenvalue weighted by Crippen LogP contribution is 2.35. The second-order valence-corrected chi connectivity index (χ2v) is 6.38. The summed E-state index contributed by atoms with van der Waals surface area (Å²) in [5.74, 6) is -0.0217. The molecule has 1 aromatic heterocycles. The number of hydrogen-bond acceptors (Lipinski definition) is 3. The summed E-state index contributed by atoms with van der Waals surface area (Å²) in [4.78, 5) is 13.8. The number of fused-ring (bicyclic) bond motifs is 1. The fourth-order valence-electron chi connectivity index (χ4n) is 2.59. The van der Waals surface area contributed by atoms with E-state index >= 15 is 0 Å². The first kappa shape index (κ1) is 13.5. The van der Waals surface area contributed by atoms with Crippen LogP contribution in [0, 0.1) is 0 Å². The fourth-order valence-corrected chi connectivity index (χ4v) is 3.76. The maximum absolute atomic E-state index is 12.4. The third-order valence-corrected chi connectivity index (χ3v) is 4.96. The maximum Gasteiger partial charge on any atom is 0.231 e. The molecule has 5 heteroatoms. The highest BCUT2D eigenvalue weighted by Gasteiger charge is 2.27. The van der Waals surface area contributed by atoms with Crippen molar-refractivity contribution in [2.45, 2.75) is 25.2 Å². The number of amides is 1. The molecule has 2 aromatic rings. The molecular weight excluding hydrogens is 292 g/mol. The van der Waals surface area contributed by atoms with E-state index in [0.717, 1.165) is 19.3 Å². The SMILES string of the molecule is Nc1ccc(NC(=O)C2CCCc3sccc32)cc1Cl. The molecular formula is C15H15ClN2OS. The van der Waals surface area contributed by atoms with Crippen LogP contribution >= 0.6 is 22.9 Å². The van der Waals surface area contributed by atoms with Crippen molar-refractivity contribution in [3.05, 3.63) is 45.1 Å². The number of nitrogens with one attached hydrogen (secondary N) is 1. The van der Waals surface area contributed by atoms with Gasteiger partial charge in [0.25, 0.3) is 0 Å². The average molecular weight is 307 g/mol. The molecule has 0 saturated carbocycles. The van der Waals surface area contributed by atoms with Crippen molar-refractivity contribution in [3.63, 3.8) is 0 Å². The van der Waals surface area contributed by atoms with E-state index in [0.29, 0.717) is 16.4 Å². The number of hydrogen-bond donors (Lipinski definition) is 2. The van der Waals surface area contributed by atoms with Crippen LogP contribution in [0.1, 0.15) is 29.2 Å². The van der Waals surface area contributed by atoms with Gasteiger partial charge in [-0.1, -0.05) is 11.6 Å². The van der Waals surface area contributed by atoms with Crippen LogP contribution in [0.3, 0.4) is 0 Å². The lowest BCUT2D eigenvalue weighted by Gasteiger charge is -2.22. The van der Waals surface area contributed by atoms with Crippen LogP contribution in [-0.2, 0) is 11.2 Å². The van der Waals surface area contributed by atoms with Gasteiger partial charge in [0.1, 0.15) is 0 Å². The van der Waals surface area contributed by atoms with Gasteiger partial charge in [-0.15, -0.1) is 11.3 Å². The Kier molecular flexibility index (Phi) is 3.68. The molecule has 0 radical (unpaired) electrons. The second-order valence-electron chi connectivity index (χ2n) is 4.97. The van der Waals surface area contributed by atoms with Gasteiger partial charge in [0.2, 0.25) is 5.91 Å². The molecule has 3 N–H and O–H groups in total. The standard InChI is InChI=1S/C15H15ClN2OS/c16-12-8-9(4-5-13(12)17)18-15(19)11-2-1-3-14-10(11)6-7-20-14/h4-8,11H,1-3,17H2,(H,18,19). The van der Waals surface area contributed by atoms with Gasteiger partial charge in [0, 0.05) is 10.6 Å². The van der Waals surface area contributed by atoms with Crippen molar-refractivity contribution in [1.29, 1.82) is 0 Å². The molecule has 1 amide bonds. The van der Waals surface area contributed by atoms with E-state index in [2.05, 4.69) is 16.8 Å². The first-order valence-electron chi connectivity index (χ1n) is 6.57. The molecule has 1 aromatic carbocycles. The monoisotopic (exact) mass is 306 g/mol. The summed E-state index contributed by atoms with van der Waals surface area (Å²) in [6.45, 7) is 0. The molecule has 3 rings (SSSR count). The van der Waals surface area contributed by atoms with Gasteiger partial charge in [-0.05, 0) is 54.5 Å². The van der Waals surface area contributed by atoms with Crippen LogP contribution in [0.2, 0.25) is 5.02 Å². The molecule has 1 heterocycles. The van der Waals surface area contributed by atoms with Gasteiger partial charge < -0.3 is 11.1 Å². The molecule has 0 aliphatic heterocycles. The lowest BCUT2D eigenvalue weighted by Crippen LogP contribution is -2.23. The van der Waals surface area contributed by atoms with Crippen LogP contribution in [0.5, 0.6) is 0 Å². The summed E-state index contributed by atoms with van der Waals surface area (Å²) in [6, 6.07) is 7.23. The summed E-state index contributed by atoms with van der Waals surface area (Å²) >= 11 is 7.71. The van der Waals surface area contributed by atoms with Crippen LogP contribution < -0.4 is 11.1 Å². The Morgan fingerprint density at radius 2 is 2.25 bits per heavy atom. The molecule has 1 unspecified atom stereocenters. The molecule has 0 fully saturated rings. The molecule has 0 saturated heterocycles. The van der Waals surface area contributed by atoms with Gasteiger partial charge in [-0.2, -0.15) is 0 Å². The van der Waals surface area contributed by atoms with E-state index < -0.39 is 0 Å². The normalized spacial score (nSPS) is 17.6. The fraction of sp³-hybridized carbons (Fsp3) is 0.267. The first-order valence-corrected chi connectivity index (χ1v) is 7.83. The molecule has 20 heavy (non-hydrogen) atoms. The second kappa shape index (κ2) is 5.46. The molecule has 3 nitrogen and oxygen atoms in total. The summed E-state index contributed by atoms with van der Waals surface area (Å²) in [5.41, 5.74) is 8.06. The van der Waals surface area contributed by atoms with E-state index in [-0.39, 0.29) is 11.8 Å². The summed E-state index contributed by atoms with van der Waals surface area (Å²) in [5, 5.41) is 5.46. The predicted octanol–water partition coefficient (Wildman–Crippen LogP) is 4.04. The number of nitrogens with two attached hydrogens (primary N) is 1. The molecule has 1 aliphatic carbocycles. The molecule has 0 spiro atoms. The highest BCUT2D eigenvalue weighted by atomic mass is 35.5. The first-order chi connectivity index (χ1) is 9.65. The number of halogens is 1. The Bertz CT molecular complexity index is 653. The Morgan fingerprint density at radius 1 is 1.40 bits per heavy atom. The topological polar surface area (TPSA) is 55.1 Å². The molecule has 104 valence electrons. The van der Waals surface area contributed by atoms with Crippen LogP contribution in [0.25, 0.3) is 0 Å². The minimum absolute atomic E-state index is 0.0326. The summed E-state index contributed by atoms with van der Waals surface area (Å²) < 4.78 is 0. The third kappa shape index (κ3) is 2.53. The van der Waals surface area contributed by atoms with E-state index in [1.165, 1.54) is 10.4 Å². The smallest absolute Gasteiger partial charge is 0.231 e. The molecule has 0 bridgehead atoms. The van der Waals surface area contributed by atoms with Gasteiger partial charge in [-0.25, -0.2) is 0 Å². The Morgan fingerprint density at radius 3 is 3.05 bits per heavy atom. The number of carbonyl (C=O) groups excluding carboxylic acids is 1. The van der Waals surface area contributed by atoms with Crippen molar-refractivity contribution < 1.29 is 4.79 Å².